The van der Waals surface area contributed by atoms with E-state index in [0.717, 1.165) is 27.3 Å². The fourth-order valence-corrected chi connectivity index (χ4v) is 2.06. The van der Waals surface area contributed by atoms with Gasteiger partial charge in [0.1, 0.15) is 5.03 Å². The second-order valence-corrected chi connectivity index (χ2v) is 4.16. The van der Waals surface area contributed by atoms with Crippen LogP contribution >= 0.6 is 11.8 Å². The highest BCUT2D eigenvalue weighted by atomic mass is 32.2. The Morgan fingerprint density at radius 2 is 2.36 bits per heavy atom. The molecule has 0 aliphatic carbocycles. The van der Waals surface area contributed by atoms with Crippen LogP contribution in [0.25, 0.3) is 11.0 Å². The van der Waals surface area contributed by atoms with Gasteiger partial charge < -0.3 is 10.3 Å². The molecule has 4 heteroatoms. The van der Waals surface area contributed by atoms with Crippen molar-refractivity contribution in [3.05, 3.63) is 23.8 Å². The number of rotatable bonds is 3. The van der Waals surface area contributed by atoms with Gasteiger partial charge in [0.2, 0.25) is 0 Å². The van der Waals surface area contributed by atoms with E-state index in [9.17, 15) is 0 Å². The number of hydrogen-bond donors (Lipinski definition) is 1. The van der Waals surface area contributed by atoms with Crippen molar-refractivity contribution in [2.45, 2.75) is 11.9 Å². The van der Waals surface area contributed by atoms with Crippen molar-refractivity contribution < 1.29 is 4.52 Å². The third-order valence-corrected chi connectivity index (χ3v) is 3.03. The van der Waals surface area contributed by atoms with Crippen molar-refractivity contribution in [3.8, 4) is 0 Å². The Balaban J connectivity index is 2.42. The van der Waals surface area contributed by atoms with Crippen molar-refractivity contribution in [2.24, 2.45) is 5.73 Å². The molecule has 0 saturated heterocycles. The lowest BCUT2D eigenvalue weighted by molar-refractivity contribution is 0.436. The number of para-hydroxylation sites is 1. The molecule has 1 aromatic heterocycles. The van der Waals surface area contributed by atoms with Crippen LogP contribution in [0.1, 0.15) is 5.56 Å². The number of fused-ring (bicyclic) bond motifs is 1. The molecule has 0 saturated carbocycles. The minimum Gasteiger partial charge on any atom is -0.355 e. The quantitative estimate of drug-likeness (QED) is 0.785. The Kier molecular flexibility index (Phi) is 2.74. The summed E-state index contributed by atoms with van der Waals surface area (Å²) in [5.74, 6) is 0.871. The van der Waals surface area contributed by atoms with E-state index in [2.05, 4.69) is 5.16 Å². The number of aromatic nitrogens is 1. The van der Waals surface area contributed by atoms with Gasteiger partial charge >= 0.3 is 0 Å². The Hall–Kier alpha value is -1.00. The molecule has 2 rings (SSSR count). The number of nitrogens with zero attached hydrogens (tertiary/aromatic N) is 1. The summed E-state index contributed by atoms with van der Waals surface area (Å²) in [7, 11) is 0. The summed E-state index contributed by atoms with van der Waals surface area (Å²) in [5.41, 5.74) is 7.44. The van der Waals surface area contributed by atoms with Crippen LogP contribution in [0, 0.1) is 6.92 Å². The maximum absolute atomic E-state index is 5.44. The van der Waals surface area contributed by atoms with Crippen LogP contribution in [0.5, 0.6) is 0 Å². The molecule has 3 nitrogen and oxygen atoms in total. The smallest absolute Gasteiger partial charge is 0.170 e. The van der Waals surface area contributed by atoms with Gasteiger partial charge in [-0.2, -0.15) is 0 Å². The Morgan fingerprint density at radius 3 is 3.14 bits per heavy atom. The highest BCUT2D eigenvalue weighted by molar-refractivity contribution is 7.99. The summed E-state index contributed by atoms with van der Waals surface area (Å²) in [5, 5.41) is 6.05. The summed E-state index contributed by atoms with van der Waals surface area (Å²) in [6, 6.07) is 6.06. The molecule has 74 valence electrons. The van der Waals surface area contributed by atoms with Gasteiger partial charge in [0, 0.05) is 12.3 Å². The Labute approximate surface area is 86.6 Å². The summed E-state index contributed by atoms with van der Waals surface area (Å²) >= 11 is 1.64. The second kappa shape index (κ2) is 4.02. The fraction of sp³-hybridized carbons (Fsp3) is 0.300. The van der Waals surface area contributed by atoms with Crippen LogP contribution < -0.4 is 5.73 Å². The summed E-state index contributed by atoms with van der Waals surface area (Å²) in [6.07, 6.45) is 0. The third kappa shape index (κ3) is 1.63. The van der Waals surface area contributed by atoms with Crippen LogP contribution in [-0.4, -0.2) is 17.5 Å². The van der Waals surface area contributed by atoms with E-state index in [1.54, 1.807) is 11.8 Å². The zero-order chi connectivity index (χ0) is 9.97. The van der Waals surface area contributed by atoms with E-state index >= 15 is 0 Å². The first-order valence-electron chi connectivity index (χ1n) is 4.51. The first kappa shape index (κ1) is 9.55. The molecule has 1 aromatic carbocycles. The predicted molar refractivity (Wildman–Crippen MR) is 58.5 cm³/mol. The van der Waals surface area contributed by atoms with Crippen LogP contribution in [0.2, 0.25) is 0 Å². The maximum atomic E-state index is 5.44. The van der Waals surface area contributed by atoms with E-state index in [1.165, 1.54) is 0 Å². The normalized spacial score (nSPS) is 11.0. The molecular weight excluding hydrogens is 196 g/mol. The molecule has 0 amide bonds. The van der Waals surface area contributed by atoms with Crippen LogP contribution in [0.15, 0.2) is 27.7 Å². The summed E-state index contributed by atoms with van der Waals surface area (Å²) < 4.78 is 5.27. The van der Waals surface area contributed by atoms with Gasteiger partial charge in [0.25, 0.3) is 0 Å². The highest BCUT2D eigenvalue weighted by Gasteiger charge is 2.09. The molecule has 14 heavy (non-hydrogen) atoms. The Morgan fingerprint density at radius 1 is 1.50 bits per heavy atom. The number of aryl methyl sites for hydroxylation is 1. The van der Waals surface area contributed by atoms with Gasteiger partial charge in [0.05, 0.1) is 5.39 Å². The molecular formula is C10H12N2OS. The van der Waals surface area contributed by atoms with Gasteiger partial charge in [-0.05, 0) is 18.6 Å². The predicted octanol–water partition coefficient (Wildman–Crippen LogP) is 2.19. The van der Waals surface area contributed by atoms with Crippen molar-refractivity contribution in [1.29, 1.82) is 0 Å². The summed E-state index contributed by atoms with van der Waals surface area (Å²) in [4.78, 5) is 0. The lowest BCUT2D eigenvalue weighted by Crippen LogP contribution is -2.00. The molecule has 2 aromatic rings. The molecule has 0 unspecified atom stereocenters. The SMILES string of the molecule is Cc1cccc2c(SCCN)noc12. The van der Waals surface area contributed by atoms with Crippen molar-refractivity contribution in [1.82, 2.24) is 5.16 Å². The molecule has 0 atom stereocenters. The largest absolute Gasteiger partial charge is 0.355 e. The van der Waals surface area contributed by atoms with Crippen molar-refractivity contribution in [3.63, 3.8) is 0 Å². The number of benzene rings is 1. The van der Waals surface area contributed by atoms with Crippen molar-refractivity contribution in [2.75, 3.05) is 12.3 Å². The zero-order valence-electron chi connectivity index (χ0n) is 7.99. The minimum atomic E-state index is 0.658. The first-order chi connectivity index (χ1) is 6.83. The van der Waals surface area contributed by atoms with Gasteiger partial charge in [-0.3, -0.25) is 0 Å². The van der Waals surface area contributed by atoms with E-state index in [1.807, 2.05) is 25.1 Å². The minimum absolute atomic E-state index is 0.658. The average molecular weight is 208 g/mol. The Bertz CT molecular complexity index is 439. The average Bonchev–Trinajstić information content (AvgIpc) is 2.60. The molecule has 0 radical (unpaired) electrons. The number of hydrogen-bond acceptors (Lipinski definition) is 4. The molecule has 0 aliphatic rings. The van der Waals surface area contributed by atoms with Crippen molar-refractivity contribution >= 4 is 22.7 Å². The van der Waals surface area contributed by atoms with Crippen LogP contribution in [-0.2, 0) is 0 Å². The van der Waals surface area contributed by atoms with E-state index in [0.29, 0.717) is 6.54 Å². The molecule has 0 aliphatic heterocycles. The monoisotopic (exact) mass is 208 g/mol. The van der Waals surface area contributed by atoms with E-state index in [4.69, 9.17) is 10.3 Å². The van der Waals surface area contributed by atoms with Crippen LogP contribution in [0.3, 0.4) is 0 Å². The maximum Gasteiger partial charge on any atom is 0.170 e. The van der Waals surface area contributed by atoms with Gasteiger partial charge in [0.15, 0.2) is 5.58 Å². The standard InChI is InChI=1S/C10H12N2OS/c1-7-3-2-4-8-9(7)13-12-10(8)14-6-5-11/h2-4H,5-6,11H2,1H3. The fourth-order valence-electron chi connectivity index (χ4n) is 1.34. The van der Waals surface area contributed by atoms with Gasteiger partial charge in [-0.25, -0.2) is 0 Å². The number of nitrogens with two attached hydrogens (primary N) is 1. The summed E-state index contributed by atoms with van der Waals surface area (Å²) in [6.45, 7) is 2.68. The zero-order valence-corrected chi connectivity index (χ0v) is 8.80. The molecule has 1 heterocycles. The molecule has 0 fully saturated rings. The van der Waals surface area contributed by atoms with Gasteiger partial charge in [-0.1, -0.05) is 17.3 Å². The topological polar surface area (TPSA) is 52.0 Å². The lowest BCUT2D eigenvalue weighted by atomic mass is 10.2. The van der Waals surface area contributed by atoms with E-state index in [-0.39, 0.29) is 0 Å². The molecule has 0 bridgehead atoms. The van der Waals surface area contributed by atoms with Crippen LogP contribution in [0.4, 0.5) is 0 Å². The number of thioether (sulfide) groups is 1. The second-order valence-electron chi connectivity index (χ2n) is 3.08. The van der Waals surface area contributed by atoms with Gasteiger partial charge in [-0.15, -0.1) is 11.8 Å². The first-order valence-corrected chi connectivity index (χ1v) is 5.49. The third-order valence-electron chi connectivity index (χ3n) is 2.02. The highest BCUT2D eigenvalue weighted by Crippen LogP contribution is 2.28. The lowest BCUT2D eigenvalue weighted by Gasteiger charge is -1.94. The molecule has 0 spiro atoms. The molecule has 2 N–H and O–H groups in total. The van der Waals surface area contributed by atoms with E-state index < -0.39 is 0 Å².